The van der Waals surface area contributed by atoms with Gasteiger partial charge in [0.15, 0.2) is 0 Å². The molecule has 1 aliphatic heterocycles. The number of pyridine rings is 1. The normalized spacial score (nSPS) is 25.7. The molecule has 2 heterocycles. The molecule has 1 aromatic heterocycles. The Bertz CT molecular complexity index is 985. The van der Waals surface area contributed by atoms with Crippen LogP contribution in [0.15, 0.2) is 48.8 Å². The summed E-state index contributed by atoms with van der Waals surface area (Å²) in [6, 6.07) is 12.5. The Morgan fingerprint density at radius 1 is 1.06 bits per heavy atom. The number of nitrogens with one attached hydrogen (secondary N) is 1. The highest BCUT2D eigenvalue weighted by molar-refractivity contribution is 5.85. The Kier molecular flexibility index (Phi) is 6.22. The van der Waals surface area contributed by atoms with Crippen molar-refractivity contribution in [2.75, 3.05) is 19.6 Å². The number of rotatable bonds is 6. The van der Waals surface area contributed by atoms with E-state index in [2.05, 4.69) is 45.5 Å². The van der Waals surface area contributed by atoms with E-state index in [4.69, 9.17) is 0 Å². The summed E-state index contributed by atoms with van der Waals surface area (Å²) in [6.45, 7) is 3.98. The van der Waals surface area contributed by atoms with Gasteiger partial charge in [0.05, 0.1) is 5.41 Å². The standard InChI is InChI=1S/C28H35N3O2/c1-2-30-27(33)28(18-20-7-5-8-21(17-20)22-9-6-14-29-19-22)12-15-31(16-13-28)26(32)25-23-10-3-4-11-24(23)25/h5-9,14,17,19,23-25H,2-4,10-13,15-16,18H2,1H3,(H,30,33)/t23-,24-/m1/s1. The van der Waals surface area contributed by atoms with E-state index in [1.165, 1.54) is 25.7 Å². The van der Waals surface area contributed by atoms with E-state index in [0.717, 1.165) is 29.5 Å². The number of aromatic nitrogens is 1. The number of benzene rings is 1. The molecule has 2 atom stereocenters. The molecule has 2 aliphatic carbocycles. The first-order chi connectivity index (χ1) is 16.1. The first-order valence-corrected chi connectivity index (χ1v) is 12.7. The molecule has 1 N–H and O–H groups in total. The molecule has 2 saturated carbocycles. The molecule has 0 unspecified atom stereocenters. The molecule has 1 saturated heterocycles. The van der Waals surface area contributed by atoms with Crippen LogP contribution in [-0.4, -0.2) is 41.3 Å². The number of likely N-dealkylation sites (tertiary alicyclic amines) is 1. The maximum Gasteiger partial charge on any atom is 0.226 e. The van der Waals surface area contributed by atoms with Gasteiger partial charge in [0.25, 0.3) is 0 Å². The summed E-state index contributed by atoms with van der Waals surface area (Å²) in [5.74, 6) is 2.02. The van der Waals surface area contributed by atoms with Crippen molar-refractivity contribution in [1.29, 1.82) is 0 Å². The molecule has 0 spiro atoms. The summed E-state index contributed by atoms with van der Waals surface area (Å²) in [6.07, 6.45) is 10.8. The third-order valence-electron chi connectivity index (χ3n) is 8.26. The second-order valence-electron chi connectivity index (χ2n) is 10.2. The molecule has 1 aromatic carbocycles. The number of piperidine rings is 1. The van der Waals surface area contributed by atoms with Crippen LogP contribution in [0.2, 0.25) is 0 Å². The number of hydrogen-bond donors (Lipinski definition) is 1. The van der Waals surface area contributed by atoms with Gasteiger partial charge in [-0.05, 0) is 73.6 Å². The van der Waals surface area contributed by atoms with E-state index in [-0.39, 0.29) is 11.8 Å². The van der Waals surface area contributed by atoms with E-state index >= 15 is 0 Å². The van der Waals surface area contributed by atoms with Crippen LogP contribution in [0.4, 0.5) is 0 Å². The lowest BCUT2D eigenvalue weighted by Crippen LogP contribution is -2.51. The molecule has 0 radical (unpaired) electrons. The monoisotopic (exact) mass is 445 g/mol. The van der Waals surface area contributed by atoms with Gasteiger partial charge in [-0.1, -0.05) is 43.2 Å². The van der Waals surface area contributed by atoms with Crippen molar-refractivity contribution < 1.29 is 9.59 Å². The average molecular weight is 446 g/mol. The first kappa shape index (κ1) is 22.1. The second kappa shape index (κ2) is 9.28. The summed E-state index contributed by atoms with van der Waals surface area (Å²) in [5, 5.41) is 3.09. The summed E-state index contributed by atoms with van der Waals surface area (Å²) in [7, 11) is 0. The zero-order valence-electron chi connectivity index (χ0n) is 19.6. The smallest absolute Gasteiger partial charge is 0.226 e. The predicted octanol–water partition coefficient (Wildman–Crippen LogP) is 4.47. The molecule has 0 bridgehead atoms. The highest BCUT2D eigenvalue weighted by Crippen LogP contribution is 2.56. The summed E-state index contributed by atoms with van der Waals surface area (Å²) >= 11 is 0. The number of hydrogen-bond acceptors (Lipinski definition) is 3. The molecule has 5 nitrogen and oxygen atoms in total. The Morgan fingerprint density at radius 2 is 1.79 bits per heavy atom. The maximum atomic E-state index is 13.3. The molecule has 33 heavy (non-hydrogen) atoms. The Morgan fingerprint density at radius 3 is 2.45 bits per heavy atom. The lowest BCUT2D eigenvalue weighted by Gasteiger charge is -2.41. The van der Waals surface area contributed by atoms with Gasteiger partial charge in [-0.15, -0.1) is 0 Å². The van der Waals surface area contributed by atoms with Crippen LogP contribution in [0.5, 0.6) is 0 Å². The van der Waals surface area contributed by atoms with Gasteiger partial charge in [0.1, 0.15) is 0 Å². The molecule has 3 aliphatic rings. The molecule has 2 aromatic rings. The van der Waals surface area contributed by atoms with Crippen molar-refractivity contribution in [1.82, 2.24) is 15.2 Å². The van der Waals surface area contributed by atoms with E-state index < -0.39 is 5.41 Å². The van der Waals surface area contributed by atoms with Gasteiger partial charge in [0, 0.05) is 37.9 Å². The number of nitrogens with zero attached hydrogens (tertiary/aromatic N) is 2. The molecule has 5 rings (SSSR count). The SMILES string of the molecule is CCNC(=O)C1(Cc2cccc(-c3cccnc3)c2)CCN(C(=O)C2[C@@H]3CCCC[C@@H]23)CC1. The molecule has 174 valence electrons. The maximum absolute atomic E-state index is 13.3. The topological polar surface area (TPSA) is 62.3 Å². The predicted molar refractivity (Wildman–Crippen MR) is 129 cm³/mol. The fraction of sp³-hybridized carbons (Fsp3) is 0.536. The molecular weight excluding hydrogens is 410 g/mol. The second-order valence-corrected chi connectivity index (χ2v) is 10.2. The highest BCUT2D eigenvalue weighted by Gasteiger charge is 2.56. The number of carbonyl (C=O) groups excluding carboxylic acids is 2. The van der Waals surface area contributed by atoms with E-state index in [9.17, 15) is 9.59 Å². The van der Waals surface area contributed by atoms with Crippen LogP contribution >= 0.6 is 0 Å². The molecule has 5 heteroatoms. The number of amides is 2. The highest BCUT2D eigenvalue weighted by atomic mass is 16.2. The number of fused-ring (bicyclic) bond motifs is 1. The largest absolute Gasteiger partial charge is 0.356 e. The van der Waals surface area contributed by atoms with E-state index in [0.29, 0.717) is 43.8 Å². The zero-order valence-corrected chi connectivity index (χ0v) is 19.6. The summed E-state index contributed by atoms with van der Waals surface area (Å²) in [5.41, 5.74) is 2.90. The van der Waals surface area contributed by atoms with Crippen LogP contribution in [0.25, 0.3) is 11.1 Å². The molecular formula is C28H35N3O2. The Hall–Kier alpha value is -2.69. The first-order valence-electron chi connectivity index (χ1n) is 12.7. The third-order valence-corrected chi connectivity index (χ3v) is 8.26. The Balaban J connectivity index is 1.30. The minimum Gasteiger partial charge on any atom is -0.356 e. The van der Waals surface area contributed by atoms with Crippen LogP contribution < -0.4 is 5.32 Å². The fourth-order valence-corrected chi connectivity index (χ4v) is 6.34. The zero-order chi connectivity index (χ0) is 22.8. The fourth-order valence-electron chi connectivity index (χ4n) is 6.34. The average Bonchev–Trinajstić information content (AvgIpc) is 3.59. The van der Waals surface area contributed by atoms with Gasteiger partial charge in [-0.2, -0.15) is 0 Å². The van der Waals surface area contributed by atoms with Crippen molar-refractivity contribution in [2.24, 2.45) is 23.2 Å². The van der Waals surface area contributed by atoms with Crippen molar-refractivity contribution in [3.63, 3.8) is 0 Å². The van der Waals surface area contributed by atoms with E-state index in [1.54, 1.807) is 6.20 Å². The lowest BCUT2D eigenvalue weighted by molar-refractivity contribution is -0.141. The van der Waals surface area contributed by atoms with Crippen LogP contribution in [0.1, 0.15) is 51.0 Å². The van der Waals surface area contributed by atoms with Crippen LogP contribution in [-0.2, 0) is 16.0 Å². The van der Waals surface area contributed by atoms with Gasteiger partial charge < -0.3 is 10.2 Å². The van der Waals surface area contributed by atoms with Crippen molar-refractivity contribution in [3.05, 3.63) is 54.4 Å². The summed E-state index contributed by atoms with van der Waals surface area (Å²) in [4.78, 5) is 32.8. The van der Waals surface area contributed by atoms with E-state index in [1.807, 2.05) is 19.2 Å². The summed E-state index contributed by atoms with van der Waals surface area (Å²) < 4.78 is 0. The minimum atomic E-state index is -0.462. The van der Waals surface area contributed by atoms with Gasteiger partial charge in [-0.3, -0.25) is 14.6 Å². The Labute approximate surface area is 197 Å². The van der Waals surface area contributed by atoms with Gasteiger partial charge in [-0.25, -0.2) is 0 Å². The quantitative estimate of drug-likeness (QED) is 0.713. The molecule has 3 fully saturated rings. The van der Waals surface area contributed by atoms with Crippen molar-refractivity contribution in [3.8, 4) is 11.1 Å². The number of carbonyl (C=O) groups is 2. The van der Waals surface area contributed by atoms with Crippen molar-refractivity contribution in [2.45, 2.75) is 51.9 Å². The molecule has 2 amide bonds. The minimum absolute atomic E-state index is 0.129. The van der Waals surface area contributed by atoms with Gasteiger partial charge in [0.2, 0.25) is 11.8 Å². The van der Waals surface area contributed by atoms with Crippen molar-refractivity contribution >= 4 is 11.8 Å². The van der Waals surface area contributed by atoms with Gasteiger partial charge >= 0.3 is 0 Å². The van der Waals surface area contributed by atoms with Crippen LogP contribution in [0.3, 0.4) is 0 Å². The van der Waals surface area contributed by atoms with Crippen LogP contribution in [0, 0.1) is 23.2 Å². The lowest BCUT2D eigenvalue weighted by atomic mass is 9.72. The third kappa shape index (κ3) is 4.42.